The summed E-state index contributed by atoms with van der Waals surface area (Å²) >= 11 is 0. The van der Waals surface area contributed by atoms with Gasteiger partial charge in [-0.2, -0.15) is 0 Å². The quantitative estimate of drug-likeness (QED) is 0.705. The molecule has 2 aromatic rings. The highest BCUT2D eigenvalue weighted by Gasteiger charge is 2.29. The van der Waals surface area contributed by atoms with E-state index in [0.29, 0.717) is 5.92 Å². The van der Waals surface area contributed by atoms with Gasteiger partial charge in [-0.15, -0.1) is 0 Å². The van der Waals surface area contributed by atoms with Crippen LogP contribution in [0, 0.1) is 19.8 Å². The van der Waals surface area contributed by atoms with E-state index in [9.17, 15) is 0 Å². The fraction of sp³-hybridized carbons (Fsp3) is 0.308. The zero-order valence-electron chi connectivity index (χ0n) is 18.2. The Morgan fingerprint density at radius 2 is 1.90 bits per heavy atom. The highest BCUT2D eigenvalue weighted by atomic mass is 15.4. The number of aliphatic imine (C=N–C) groups is 1. The predicted octanol–water partition coefficient (Wildman–Crippen LogP) is 5.28. The molecule has 2 aliphatic rings. The van der Waals surface area contributed by atoms with Crippen LogP contribution in [-0.4, -0.2) is 40.9 Å². The maximum Gasteiger partial charge on any atom is 0.206 e. The van der Waals surface area contributed by atoms with Crippen LogP contribution in [0.2, 0.25) is 0 Å². The van der Waals surface area contributed by atoms with Crippen LogP contribution in [0.15, 0.2) is 72.6 Å². The van der Waals surface area contributed by atoms with Crippen LogP contribution in [0.4, 0.5) is 0 Å². The molecule has 0 amide bonds. The number of pyridine rings is 1. The number of likely N-dealkylation sites (tertiary alicyclic amines) is 1. The molecule has 154 valence electrons. The lowest BCUT2D eigenvalue weighted by Crippen LogP contribution is -2.47. The van der Waals surface area contributed by atoms with Crippen molar-refractivity contribution in [2.45, 2.75) is 26.7 Å². The van der Waals surface area contributed by atoms with E-state index >= 15 is 0 Å². The van der Waals surface area contributed by atoms with Gasteiger partial charge in [-0.05, 0) is 61.6 Å². The number of allylic oxidation sites excluding steroid dienone is 1. The Hall–Kier alpha value is -3.14. The first-order chi connectivity index (χ1) is 14.4. The lowest BCUT2D eigenvalue weighted by Gasteiger charge is -2.40. The Morgan fingerprint density at radius 1 is 1.13 bits per heavy atom. The van der Waals surface area contributed by atoms with E-state index in [4.69, 9.17) is 4.99 Å². The van der Waals surface area contributed by atoms with Gasteiger partial charge in [-0.3, -0.25) is 4.98 Å². The van der Waals surface area contributed by atoms with Crippen molar-refractivity contribution in [1.29, 1.82) is 0 Å². The van der Waals surface area contributed by atoms with Crippen LogP contribution in [0.3, 0.4) is 0 Å². The average molecular weight is 399 g/mol. The molecule has 0 radical (unpaired) electrons. The van der Waals surface area contributed by atoms with Crippen LogP contribution in [0.1, 0.15) is 35.1 Å². The molecule has 0 aliphatic carbocycles. The van der Waals surface area contributed by atoms with Gasteiger partial charge in [0, 0.05) is 49.7 Å². The van der Waals surface area contributed by atoms with Crippen molar-refractivity contribution in [2.24, 2.45) is 10.9 Å². The van der Waals surface area contributed by atoms with Crippen molar-refractivity contribution in [3.05, 3.63) is 89.9 Å². The second-order valence-corrected chi connectivity index (χ2v) is 8.36. The molecule has 4 heteroatoms. The molecule has 30 heavy (non-hydrogen) atoms. The molecule has 1 aromatic heterocycles. The molecule has 4 nitrogen and oxygen atoms in total. The molecule has 4 rings (SSSR count). The zero-order valence-corrected chi connectivity index (χ0v) is 18.2. The van der Waals surface area contributed by atoms with Crippen molar-refractivity contribution in [3.8, 4) is 0 Å². The van der Waals surface area contributed by atoms with Gasteiger partial charge in [0.15, 0.2) is 0 Å². The summed E-state index contributed by atoms with van der Waals surface area (Å²) in [5.74, 6) is 1.38. The molecule has 0 saturated carbocycles. The molecule has 1 fully saturated rings. The van der Waals surface area contributed by atoms with Crippen molar-refractivity contribution in [1.82, 2.24) is 14.8 Å². The Labute approximate surface area is 180 Å². The van der Waals surface area contributed by atoms with Crippen LogP contribution in [0.25, 0.3) is 11.3 Å². The number of aryl methyl sites for hydroxylation is 2. The summed E-state index contributed by atoms with van der Waals surface area (Å²) < 4.78 is 0. The number of hydrogen-bond acceptors (Lipinski definition) is 4. The Balaban J connectivity index is 1.60. The minimum Gasteiger partial charge on any atom is -0.342 e. The van der Waals surface area contributed by atoms with Crippen molar-refractivity contribution >= 4 is 17.2 Å². The van der Waals surface area contributed by atoms with Crippen molar-refractivity contribution in [3.63, 3.8) is 0 Å². The summed E-state index contributed by atoms with van der Waals surface area (Å²) in [4.78, 5) is 13.6. The molecule has 0 bridgehead atoms. The minimum absolute atomic E-state index is 0.416. The van der Waals surface area contributed by atoms with Gasteiger partial charge in [0.25, 0.3) is 0 Å². The fourth-order valence-electron chi connectivity index (χ4n) is 4.30. The molecule has 1 unspecified atom stereocenters. The molecule has 2 aliphatic heterocycles. The van der Waals surface area contributed by atoms with E-state index in [1.165, 1.54) is 22.3 Å². The average Bonchev–Trinajstić information content (AvgIpc) is 2.77. The molecule has 3 heterocycles. The largest absolute Gasteiger partial charge is 0.342 e. The van der Waals surface area contributed by atoms with Crippen molar-refractivity contribution in [2.75, 3.05) is 20.1 Å². The van der Waals surface area contributed by atoms with Gasteiger partial charge in [0.1, 0.15) is 0 Å². The second-order valence-electron chi connectivity index (χ2n) is 8.36. The van der Waals surface area contributed by atoms with Gasteiger partial charge in [0.2, 0.25) is 5.96 Å². The maximum absolute atomic E-state index is 5.02. The Morgan fingerprint density at radius 3 is 2.67 bits per heavy atom. The number of hydrogen-bond donors (Lipinski definition) is 0. The number of likely N-dealkylation sites (N-methyl/N-ethyl adjacent to an activating group) is 1. The normalized spacial score (nSPS) is 19.4. The molecular formula is C26H30N4. The number of piperidine rings is 1. The molecule has 0 spiro atoms. The summed E-state index contributed by atoms with van der Waals surface area (Å²) in [6.07, 6.45) is 7.93. The number of rotatable bonds is 3. The first-order valence-corrected chi connectivity index (χ1v) is 10.6. The van der Waals surface area contributed by atoms with Gasteiger partial charge < -0.3 is 9.80 Å². The maximum atomic E-state index is 5.02. The number of nitrogens with zero attached hydrogens (tertiary/aromatic N) is 4. The first kappa shape index (κ1) is 20.1. The fourth-order valence-corrected chi connectivity index (χ4v) is 4.30. The van der Waals surface area contributed by atoms with E-state index in [1.54, 1.807) is 12.4 Å². The smallest absolute Gasteiger partial charge is 0.206 e. The van der Waals surface area contributed by atoms with E-state index in [0.717, 1.165) is 48.8 Å². The van der Waals surface area contributed by atoms with Gasteiger partial charge in [-0.25, -0.2) is 4.99 Å². The summed E-state index contributed by atoms with van der Waals surface area (Å²) in [5.41, 5.74) is 8.06. The second kappa shape index (κ2) is 8.31. The standard InChI is InChI=1S/C26H30N4/c1-18-8-9-19(2)24(15-18)21(4)23-7-6-14-30(17-23)26-28-25(16-20(3)29(26)5)22-10-12-27-13-11-22/h8-13,15-16,23H,3-4,6-7,14,17H2,1-2,5H3. The minimum atomic E-state index is 0.416. The third-order valence-corrected chi connectivity index (χ3v) is 6.17. The third kappa shape index (κ3) is 3.95. The topological polar surface area (TPSA) is 31.7 Å². The molecule has 1 saturated heterocycles. The highest BCUT2D eigenvalue weighted by molar-refractivity contribution is 5.91. The van der Waals surface area contributed by atoms with Gasteiger partial charge >= 0.3 is 0 Å². The summed E-state index contributed by atoms with van der Waals surface area (Å²) in [6.45, 7) is 15.0. The summed E-state index contributed by atoms with van der Waals surface area (Å²) in [6, 6.07) is 10.6. The highest BCUT2D eigenvalue weighted by Crippen LogP contribution is 2.33. The first-order valence-electron chi connectivity index (χ1n) is 10.6. The van der Waals surface area contributed by atoms with E-state index in [2.05, 4.69) is 60.0 Å². The lowest BCUT2D eigenvalue weighted by molar-refractivity contribution is 0.275. The SMILES string of the molecule is C=C(c1cc(C)ccc1C)C1CCCN(C2=NC(c3ccncc3)=CC(=C)N2C)C1. The monoisotopic (exact) mass is 398 g/mol. The van der Waals surface area contributed by atoms with Crippen LogP contribution in [0.5, 0.6) is 0 Å². The zero-order chi connectivity index (χ0) is 21.3. The van der Waals surface area contributed by atoms with E-state index in [1.807, 2.05) is 25.3 Å². The van der Waals surface area contributed by atoms with E-state index in [-0.39, 0.29) is 0 Å². The van der Waals surface area contributed by atoms with E-state index < -0.39 is 0 Å². The third-order valence-electron chi connectivity index (χ3n) is 6.17. The Bertz CT molecular complexity index is 1030. The predicted molar refractivity (Wildman–Crippen MR) is 126 cm³/mol. The van der Waals surface area contributed by atoms with Crippen LogP contribution in [-0.2, 0) is 0 Å². The molecule has 1 aromatic carbocycles. The number of guanidine groups is 1. The number of benzene rings is 1. The van der Waals surface area contributed by atoms with Crippen LogP contribution >= 0.6 is 0 Å². The molecular weight excluding hydrogens is 368 g/mol. The molecule has 1 atom stereocenters. The molecule has 0 N–H and O–H groups in total. The lowest BCUT2D eigenvalue weighted by atomic mass is 9.85. The van der Waals surface area contributed by atoms with Gasteiger partial charge in [0.05, 0.1) is 5.70 Å². The van der Waals surface area contributed by atoms with Gasteiger partial charge in [-0.1, -0.05) is 36.9 Å². The summed E-state index contributed by atoms with van der Waals surface area (Å²) in [5, 5.41) is 0. The number of aromatic nitrogens is 1. The summed E-state index contributed by atoms with van der Waals surface area (Å²) in [7, 11) is 2.05. The van der Waals surface area contributed by atoms with Crippen molar-refractivity contribution < 1.29 is 0 Å². The van der Waals surface area contributed by atoms with Crippen LogP contribution < -0.4 is 0 Å². The Kier molecular flexibility index (Phi) is 5.58.